The van der Waals surface area contributed by atoms with E-state index in [1.165, 1.54) is 0 Å². The molecular formula is C12H20N2O. The van der Waals surface area contributed by atoms with E-state index in [2.05, 4.69) is 23.7 Å². The maximum absolute atomic E-state index is 9.05. The number of aliphatic hydroxyl groups excluding tert-OH is 1. The quantitative estimate of drug-likeness (QED) is 0.805. The molecule has 1 aromatic rings. The predicted molar refractivity (Wildman–Crippen MR) is 63.1 cm³/mol. The number of rotatable bonds is 5. The summed E-state index contributed by atoms with van der Waals surface area (Å²) in [6.07, 6.45) is 1.12. The van der Waals surface area contributed by atoms with Gasteiger partial charge in [0.05, 0.1) is 6.61 Å². The van der Waals surface area contributed by atoms with E-state index in [9.17, 15) is 0 Å². The second kappa shape index (κ2) is 5.71. The third-order valence-corrected chi connectivity index (χ3v) is 2.55. The Hall–Kier alpha value is -1.09. The second-order valence-electron chi connectivity index (χ2n) is 3.65. The number of aromatic nitrogens is 1. The number of anilines is 1. The fraction of sp³-hybridized carbons (Fsp3) is 0.583. The number of aryl methyl sites for hydroxylation is 1. The van der Waals surface area contributed by atoms with E-state index in [-0.39, 0.29) is 6.61 Å². The molecule has 1 heterocycles. The Morgan fingerprint density at radius 3 is 2.53 bits per heavy atom. The molecule has 0 amide bonds. The van der Waals surface area contributed by atoms with Crippen molar-refractivity contribution in [2.24, 2.45) is 0 Å². The van der Waals surface area contributed by atoms with Gasteiger partial charge in [-0.3, -0.25) is 0 Å². The zero-order chi connectivity index (χ0) is 11.3. The van der Waals surface area contributed by atoms with Crippen LogP contribution in [0.1, 0.15) is 31.5 Å². The van der Waals surface area contributed by atoms with Crippen LogP contribution in [0.25, 0.3) is 0 Å². The van der Waals surface area contributed by atoms with E-state index in [1.807, 2.05) is 19.1 Å². The van der Waals surface area contributed by atoms with Gasteiger partial charge in [0.15, 0.2) is 0 Å². The lowest BCUT2D eigenvalue weighted by molar-refractivity contribution is 0.280. The summed E-state index contributed by atoms with van der Waals surface area (Å²) in [6.45, 7) is 8.30. The summed E-state index contributed by atoms with van der Waals surface area (Å²) in [5, 5.41) is 9.05. The zero-order valence-electron chi connectivity index (χ0n) is 9.82. The van der Waals surface area contributed by atoms with Crippen LogP contribution in [0.15, 0.2) is 12.1 Å². The molecule has 0 bridgehead atoms. The lowest BCUT2D eigenvalue weighted by Crippen LogP contribution is -2.24. The molecular weight excluding hydrogens is 188 g/mol. The normalized spacial score (nSPS) is 10.4. The van der Waals surface area contributed by atoms with Crippen LogP contribution in [0.3, 0.4) is 0 Å². The van der Waals surface area contributed by atoms with Crippen molar-refractivity contribution in [3.63, 3.8) is 0 Å². The highest BCUT2D eigenvalue weighted by molar-refractivity contribution is 5.41. The minimum Gasteiger partial charge on any atom is -0.392 e. The molecule has 0 aliphatic rings. The first-order valence-corrected chi connectivity index (χ1v) is 5.55. The average Bonchev–Trinajstić information content (AvgIpc) is 2.25. The minimum atomic E-state index is 0.0685. The molecule has 0 radical (unpaired) electrons. The van der Waals surface area contributed by atoms with Gasteiger partial charge in [-0.25, -0.2) is 4.98 Å². The SMILES string of the molecule is CCCN(CC)c1ccc(CO)c(C)n1. The highest BCUT2D eigenvalue weighted by Gasteiger charge is 2.06. The van der Waals surface area contributed by atoms with Gasteiger partial charge in [0, 0.05) is 18.8 Å². The maximum atomic E-state index is 9.05. The largest absolute Gasteiger partial charge is 0.392 e. The van der Waals surface area contributed by atoms with Crippen LogP contribution < -0.4 is 4.90 Å². The molecule has 0 atom stereocenters. The molecule has 0 saturated carbocycles. The lowest BCUT2D eigenvalue weighted by atomic mass is 10.2. The highest BCUT2D eigenvalue weighted by atomic mass is 16.3. The Morgan fingerprint density at radius 1 is 1.33 bits per heavy atom. The fourth-order valence-electron chi connectivity index (χ4n) is 1.62. The van der Waals surface area contributed by atoms with Crippen molar-refractivity contribution in [2.75, 3.05) is 18.0 Å². The molecule has 0 fully saturated rings. The van der Waals surface area contributed by atoms with Crippen molar-refractivity contribution in [3.05, 3.63) is 23.4 Å². The zero-order valence-corrected chi connectivity index (χ0v) is 9.82. The van der Waals surface area contributed by atoms with Crippen LogP contribution in [0, 0.1) is 6.92 Å². The summed E-state index contributed by atoms with van der Waals surface area (Å²) >= 11 is 0. The maximum Gasteiger partial charge on any atom is 0.128 e. The number of hydrogen-bond donors (Lipinski definition) is 1. The van der Waals surface area contributed by atoms with Gasteiger partial charge in [-0.1, -0.05) is 13.0 Å². The standard InChI is InChI=1S/C12H20N2O/c1-4-8-14(5-2)12-7-6-11(9-15)10(3)13-12/h6-7,15H,4-5,8-9H2,1-3H3. The molecule has 0 saturated heterocycles. The summed E-state index contributed by atoms with van der Waals surface area (Å²) in [6, 6.07) is 3.94. The Bertz CT molecular complexity index is 312. The smallest absolute Gasteiger partial charge is 0.128 e. The topological polar surface area (TPSA) is 36.4 Å². The van der Waals surface area contributed by atoms with Crippen molar-refractivity contribution in [2.45, 2.75) is 33.8 Å². The van der Waals surface area contributed by atoms with Crippen molar-refractivity contribution in [1.82, 2.24) is 4.98 Å². The molecule has 0 aliphatic carbocycles. The number of pyridine rings is 1. The molecule has 15 heavy (non-hydrogen) atoms. The number of aliphatic hydroxyl groups is 1. The molecule has 0 spiro atoms. The Labute approximate surface area is 91.8 Å². The van der Waals surface area contributed by atoms with E-state index in [4.69, 9.17) is 5.11 Å². The molecule has 0 unspecified atom stereocenters. The van der Waals surface area contributed by atoms with E-state index in [0.29, 0.717) is 0 Å². The molecule has 0 aromatic carbocycles. The number of nitrogens with zero attached hydrogens (tertiary/aromatic N) is 2. The van der Waals surface area contributed by atoms with E-state index in [1.54, 1.807) is 0 Å². The summed E-state index contributed by atoms with van der Waals surface area (Å²) < 4.78 is 0. The molecule has 0 aliphatic heterocycles. The number of hydrogen-bond acceptors (Lipinski definition) is 3. The third kappa shape index (κ3) is 2.93. The molecule has 84 valence electrons. The summed E-state index contributed by atoms with van der Waals surface area (Å²) in [5.74, 6) is 1.01. The third-order valence-electron chi connectivity index (χ3n) is 2.55. The van der Waals surface area contributed by atoms with Gasteiger partial charge in [-0.2, -0.15) is 0 Å². The van der Waals surface area contributed by atoms with Gasteiger partial charge in [0.1, 0.15) is 5.82 Å². The monoisotopic (exact) mass is 208 g/mol. The first-order valence-electron chi connectivity index (χ1n) is 5.55. The van der Waals surface area contributed by atoms with Crippen molar-refractivity contribution in [3.8, 4) is 0 Å². The fourth-order valence-corrected chi connectivity index (χ4v) is 1.62. The van der Waals surface area contributed by atoms with Crippen LogP contribution in [-0.4, -0.2) is 23.2 Å². The van der Waals surface area contributed by atoms with Gasteiger partial charge < -0.3 is 10.0 Å². The van der Waals surface area contributed by atoms with E-state index >= 15 is 0 Å². The van der Waals surface area contributed by atoms with Gasteiger partial charge >= 0.3 is 0 Å². The molecule has 1 rings (SSSR count). The first kappa shape index (κ1) is 12.0. The van der Waals surface area contributed by atoms with E-state index in [0.717, 1.165) is 36.6 Å². The summed E-state index contributed by atoms with van der Waals surface area (Å²) in [5.41, 5.74) is 1.83. The van der Waals surface area contributed by atoms with Crippen molar-refractivity contribution in [1.29, 1.82) is 0 Å². The average molecular weight is 208 g/mol. The minimum absolute atomic E-state index is 0.0685. The van der Waals surface area contributed by atoms with Crippen LogP contribution >= 0.6 is 0 Å². The molecule has 1 N–H and O–H groups in total. The predicted octanol–water partition coefficient (Wildman–Crippen LogP) is 2.12. The van der Waals surface area contributed by atoms with Crippen LogP contribution in [0.4, 0.5) is 5.82 Å². The molecule has 1 aromatic heterocycles. The Morgan fingerprint density at radius 2 is 2.07 bits per heavy atom. The van der Waals surface area contributed by atoms with Gasteiger partial charge in [0.2, 0.25) is 0 Å². The van der Waals surface area contributed by atoms with Crippen molar-refractivity contribution < 1.29 is 5.11 Å². The lowest BCUT2D eigenvalue weighted by Gasteiger charge is -2.21. The first-order chi connectivity index (χ1) is 7.22. The Balaban J connectivity index is 2.89. The summed E-state index contributed by atoms with van der Waals surface area (Å²) in [4.78, 5) is 6.74. The van der Waals surface area contributed by atoms with Crippen LogP contribution in [0.5, 0.6) is 0 Å². The van der Waals surface area contributed by atoms with Gasteiger partial charge in [-0.05, 0) is 31.9 Å². The molecule has 3 nitrogen and oxygen atoms in total. The van der Waals surface area contributed by atoms with Gasteiger partial charge in [0.25, 0.3) is 0 Å². The van der Waals surface area contributed by atoms with Gasteiger partial charge in [-0.15, -0.1) is 0 Å². The van der Waals surface area contributed by atoms with Crippen LogP contribution in [-0.2, 0) is 6.61 Å². The van der Waals surface area contributed by atoms with E-state index < -0.39 is 0 Å². The summed E-state index contributed by atoms with van der Waals surface area (Å²) in [7, 11) is 0. The Kier molecular flexibility index (Phi) is 4.56. The van der Waals surface area contributed by atoms with Crippen LogP contribution in [0.2, 0.25) is 0 Å². The molecule has 3 heteroatoms. The highest BCUT2D eigenvalue weighted by Crippen LogP contribution is 2.14. The van der Waals surface area contributed by atoms with Crippen molar-refractivity contribution >= 4 is 5.82 Å². The second-order valence-corrected chi connectivity index (χ2v) is 3.65.